The highest BCUT2D eigenvalue weighted by atomic mass is 32.2. The monoisotopic (exact) mass is 323 g/mol. The van der Waals surface area contributed by atoms with E-state index in [9.17, 15) is 13.2 Å². The Morgan fingerprint density at radius 3 is 2.41 bits per heavy atom. The van der Waals surface area contributed by atoms with Crippen LogP contribution in [0.2, 0.25) is 0 Å². The third-order valence-corrected chi connectivity index (χ3v) is 4.79. The van der Waals surface area contributed by atoms with E-state index >= 15 is 0 Å². The zero-order chi connectivity index (χ0) is 17.0. The number of carbonyl (C=O) groups is 1. The van der Waals surface area contributed by atoms with Crippen LogP contribution in [0.4, 0.5) is 0 Å². The van der Waals surface area contributed by atoms with Crippen LogP contribution in [-0.2, 0) is 14.8 Å². The Morgan fingerprint density at radius 1 is 1.32 bits per heavy atom. The van der Waals surface area contributed by atoms with Crippen molar-refractivity contribution >= 4 is 15.9 Å². The van der Waals surface area contributed by atoms with Crippen LogP contribution in [-0.4, -0.2) is 37.3 Å². The van der Waals surface area contributed by atoms with Gasteiger partial charge >= 0.3 is 0 Å². The molecule has 1 aromatic rings. The fourth-order valence-electron chi connectivity index (χ4n) is 1.91. The number of rotatable bonds is 5. The first-order valence-electron chi connectivity index (χ1n) is 6.92. The summed E-state index contributed by atoms with van der Waals surface area (Å²) < 4.78 is 26.3. The van der Waals surface area contributed by atoms with E-state index in [0.717, 1.165) is 4.31 Å². The Bertz CT molecular complexity index is 685. The Hall–Kier alpha value is -1.91. The fraction of sp³-hybridized carbons (Fsp3) is 0.467. The standard InChI is InChI=1S/C15H21N3O3S/c1-5-18(11-14(19)17-15(2,3)4)22(20,21)13-9-7-6-8-12(13)10-16/h6-9H,5,11H2,1-4H3,(H,17,19). The van der Waals surface area contributed by atoms with E-state index in [0.29, 0.717) is 0 Å². The van der Waals surface area contributed by atoms with Gasteiger partial charge in [-0.3, -0.25) is 4.79 Å². The van der Waals surface area contributed by atoms with Crippen LogP contribution in [0.5, 0.6) is 0 Å². The number of nitrogens with one attached hydrogen (secondary N) is 1. The van der Waals surface area contributed by atoms with E-state index in [4.69, 9.17) is 5.26 Å². The average Bonchev–Trinajstić information content (AvgIpc) is 2.42. The van der Waals surface area contributed by atoms with Gasteiger partial charge in [-0.25, -0.2) is 8.42 Å². The van der Waals surface area contributed by atoms with Crippen molar-refractivity contribution < 1.29 is 13.2 Å². The number of carbonyl (C=O) groups excluding carboxylic acids is 1. The van der Waals surface area contributed by atoms with Crippen LogP contribution in [0.3, 0.4) is 0 Å². The molecule has 0 fully saturated rings. The molecule has 120 valence electrons. The summed E-state index contributed by atoms with van der Waals surface area (Å²) in [6, 6.07) is 7.83. The predicted octanol–water partition coefficient (Wildman–Crippen LogP) is 1.48. The minimum atomic E-state index is -3.89. The molecule has 0 heterocycles. The summed E-state index contributed by atoms with van der Waals surface area (Å²) in [5, 5.41) is 11.8. The van der Waals surface area contributed by atoms with Crippen molar-refractivity contribution in [1.82, 2.24) is 9.62 Å². The SMILES string of the molecule is CCN(CC(=O)NC(C)(C)C)S(=O)(=O)c1ccccc1C#N. The second-order valence-corrected chi connectivity index (χ2v) is 7.74. The van der Waals surface area contributed by atoms with Crippen molar-refractivity contribution in [2.75, 3.05) is 13.1 Å². The van der Waals surface area contributed by atoms with Crippen LogP contribution in [0.25, 0.3) is 0 Å². The van der Waals surface area contributed by atoms with Gasteiger partial charge in [0.15, 0.2) is 0 Å². The molecule has 1 rings (SSSR count). The molecule has 0 atom stereocenters. The van der Waals surface area contributed by atoms with Gasteiger partial charge in [0.05, 0.1) is 17.0 Å². The topological polar surface area (TPSA) is 90.3 Å². The van der Waals surface area contributed by atoms with Gasteiger partial charge in [-0.2, -0.15) is 9.57 Å². The lowest BCUT2D eigenvalue weighted by molar-refractivity contribution is -0.122. The van der Waals surface area contributed by atoms with E-state index in [1.807, 2.05) is 26.8 Å². The maximum Gasteiger partial charge on any atom is 0.244 e. The third-order valence-electron chi connectivity index (χ3n) is 2.81. The lowest BCUT2D eigenvalue weighted by Gasteiger charge is -2.24. The summed E-state index contributed by atoms with van der Waals surface area (Å²) in [6.07, 6.45) is 0. The summed E-state index contributed by atoms with van der Waals surface area (Å²) in [4.78, 5) is 11.9. The largest absolute Gasteiger partial charge is 0.350 e. The molecule has 22 heavy (non-hydrogen) atoms. The Morgan fingerprint density at radius 2 is 1.91 bits per heavy atom. The second kappa shape index (κ2) is 6.90. The molecule has 6 nitrogen and oxygen atoms in total. The van der Waals surface area contributed by atoms with Gasteiger partial charge in [0.2, 0.25) is 15.9 Å². The lowest BCUT2D eigenvalue weighted by Crippen LogP contribution is -2.47. The number of hydrogen-bond acceptors (Lipinski definition) is 4. The molecule has 0 spiro atoms. The van der Waals surface area contributed by atoms with Crippen molar-refractivity contribution in [2.24, 2.45) is 0 Å². The van der Waals surface area contributed by atoms with Gasteiger partial charge < -0.3 is 5.32 Å². The van der Waals surface area contributed by atoms with Gasteiger partial charge in [-0.15, -0.1) is 0 Å². The summed E-state index contributed by atoms with van der Waals surface area (Å²) in [6.45, 7) is 6.97. The summed E-state index contributed by atoms with van der Waals surface area (Å²) in [5.41, 5.74) is -0.373. The maximum atomic E-state index is 12.6. The number of sulfonamides is 1. The molecular formula is C15H21N3O3S. The molecule has 1 N–H and O–H groups in total. The first-order chi connectivity index (χ1) is 10.1. The highest BCUT2D eigenvalue weighted by molar-refractivity contribution is 7.89. The first kappa shape index (κ1) is 18.1. The van der Waals surface area contributed by atoms with Gasteiger partial charge in [0, 0.05) is 12.1 Å². The average molecular weight is 323 g/mol. The fourth-order valence-corrected chi connectivity index (χ4v) is 3.46. The van der Waals surface area contributed by atoms with Gasteiger partial charge in [0.1, 0.15) is 6.07 Å². The van der Waals surface area contributed by atoms with E-state index in [-0.39, 0.29) is 29.5 Å². The predicted molar refractivity (Wildman–Crippen MR) is 83.5 cm³/mol. The Kier molecular flexibility index (Phi) is 5.69. The number of nitriles is 1. The van der Waals surface area contributed by atoms with Gasteiger partial charge in [-0.05, 0) is 32.9 Å². The lowest BCUT2D eigenvalue weighted by atomic mass is 10.1. The highest BCUT2D eigenvalue weighted by Gasteiger charge is 2.28. The first-order valence-corrected chi connectivity index (χ1v) is 8.36. The number of nitrogens with zero attached hydrogens (tertiary/aromatic N) is 2. The molecule has 0 aromatic heterocycles. The number of likely N-dealkylation sites (N-methyl/N-ethyl adjacent to an activating group) is 1. The third kappa shape index (κ3) is 4.55. The Labute approximate surface area is 131 Å². The van der Waals surface area contributed by atoms with E-state index in [2.05, 4.69) is 5.32 Å². The van der Waals surface area contributed by atoms with Crippen LogP contribution in [0.15, 0.2) is 29.2 Å². The Balaban J connectivity index is 3.08. The summed E-state index contributed by atoms with van der Waals surface area (Å²) in [7, 11) is -3.89. The molecule has 0 aliphatic heterocycles. The zero-order valence-corrected chi connectivity index (χ0v) is 14.1. The van der Waals surface area contributed by atoms with E-state index in [1.54, 1.807) is 19.1 Å². The van der Waals surface area contributed by atoms with Gasteiger partial charge in [-0.1, -0.05) is 19.1 Å². The molecule has 0 saturated carbocycles. The van der Waals surface area contributed by atoms with Crippen LogP contribution in [0.1, 0.15) is 33.3 Å². The molecule has 0 radical (unpaired) electrons. The number of hydrogen-bond donors (Lipinski definition) is 1. The maximum absolute atomic E-state index is 12.6. The minimum Gasteiger partial charge on any atom is -0.350 e. The quantitative estimate of drug-likeness (QED) is 0.888. The highest BCUT2D eigenvalue weighted by Crippen LogP contribution is 2.19. The molecule has 7 heteroatoms. The molecule has 0 unspecified atom stereocenters. The normalized spacial score (nSPS) is 12.0. The molecule has 0 aliphatic carbocycles. The molecular weight excluding hydrogens is 302 g/mol. The van der Waals surface area contributed by atoms with Gasteiger partial charge in [0.25, 0.3) is 0 Å². The number of amides is 1. The van der Waals surface area contributed by atoms with Crippen LogP contribution >= 0.6 is 0 Å². The number of benzene rings is 1. The van der Waals surface area contributed by atoms with Crippen molar-refractivity contribution in [3.05, 3.63) is 29.8 Å². The van der Waals surface area contributed by atoms with E-state index < -0.39 is 15.6 Å². The molecule has 0 aliphatic rings. The summed E-state index contributed by atoms with van der Waals surface area (Å²) in [5.74, 6) is -0.382. The van der Waals surface area contributed by atoms with Crippen molar-refractivity contribution in [1.29, 1.82) is 5.26 Å². The van der Waals surface area contributed by atoms with Crippen LogP contribution in [0, 0.1) is 11.3 Å². The molecule has 1 aromatic carbocycles. The molecule has 1 amide bonds. The van der Waals surface area contributed by atoms with Crippen LogP contribution < -0.4 is 5.32 Å². The van der Waals surface area contributed by atoms with Crippen molar-refractivity contribution in [3.8, 4) is 6.07 Å². The summed E-state index contributed by atoms with van der Waals surface area (Å²) >= 11 is 0. The minimum absolute atomic E-state index is 0.0668. The van der Waals surface area contributed by atoms with E-state index in [1.165, 1.54) is 12.1 Å². The molecule has 0 saturated heterocycles. The smallest absolute Gasteiger partial charge is 0.244 e. The van der Waals surface area contributed by atoms with Crippen molar-refractivity contribution in [3.63, 3.8) is 0 Å². The van der Waals surface area contributed by atoms with Crippen molar-refractivity contribution in [2.45, 2.75) is 38.1 Å². The second-order valence-electron chi connectivity index (χ2n) is 5.84. The zero-order valence-electron chi connectivity index (χ0n) is 13.3. The molecule has 0 bridgehead atoms.